The number of carbonyl (C=O) groups excluding carboxylic acids is 2. The summed E-state index contributed by atoms with van der Waals surface area (Å²) in [6, 6.07) is 1.60. The predicted molar refractivity (Wildman–Crippen MR) is 81.6 cm³/mol. The van der Waals surface area contributed by atoms with Gasteiger partial charge >= 0.3 is 0 Å². The molecule has 1 aliphatic rings. The number of aromatic nitrogens is 2. The van der Waals surface area contributed by atoms with Crippen molar-refractivity contribution >= 4 is 51.5 Å². The quantitative estimate of drug-likeness (QED) is 0.742. The zero-order valence-electron chi connectivity index (χ0n) is 10.5. The minimum atomic E-state index is -0.957. The van der Waals surface area contributed by atoms with Crippen LogP contribution in [-0.2, 0) is 4.79 Å². The van der Waals surface area contributed by atoms with Crippen molar-refractivity contribution in [3.63, 3.8) is 0 Å². The van der Waals surface area contributed by atoms with Crippen LogP contribution < -0.4 is 11.1 Å². The van der Waals surface area contributed by atoms with Crippen LogP contribution in [0, 0.1) is 5.92 Å². The number of anilines is 1. The van der Waals surface area contributed by atoms with Crippen LogP contribution in [0.2, 0.25) is 0 Å². The molecule has 0 spiro atoms. The van der Waals surface area contributed by atoms with Gasteiger partial charge in [-0.1, -0.05) is 0 Å². The molecule has 2 amide bonds. The van der Waals surface area contributed by atoms with E-state index in [1.165, 1.54) is 11.3 Å². The Kier molecular flexibility index (Phi) is 3.43. The number of halogens is 2. The van der Waals surface area contributed by atoms with Gasteiger partial charge in [0, 0.05) is 17.1 Å². The summed E-state index contributed by atoms with van der Waals surface area (Å²) in [4.78, 5) is 29.9. The number of carbonyl (C=O) groups is 2. The highest BCUT2D eigenvalue weighted by Gasteiger charge is 2.56. The molecular weight excluding hydrogens is 335 g/mol. The number of nitrogens with two attached hydrogens (primary N) is 1. The summed E-state index contributed by atoms with van der Waals surface area (Å²) in [6.07, 6.45) is 2.07. The molecule has 2 heterocycles. The third kappa shape index (κ3) is 2.90. The normalized spacial score (nSPS) is 19.2. The number of aromatic amines is 1. The molecule has 0 aliphatic heterocycles. The predicted octanol–water partition coefficient (Wildman–Crippen LogP) is 2.37. The Morgan fingerprint density at radius 2 is 2.24 bits per heavy atom. The van der Waals surface area contributed by atoms with Crippen LogP contribution >= 0.6 is 34.5 Å². The summed E-state index contributed by atoms with van der Waals surface area (Å²) in [5.41, 5.74) is 6.83. The molecule has 0 aromatic carbocycles. The fourth-order valence-corrected chi connectivity index (χ4v) is 3.07. The third-order valence-corrected chi connectivity index (χ3v) is 4.71. The fourth-order valence-electron chi connectivity index (χ4n) is 1.84. The summed E-state index contributed by atoms with van der Waals surface area (Å²) in [7, 11) is 0. The van der Waals surface area contributed by atoms with Crippen LogP contribution in [0.1, 0.15) is 16.9 Å². The van der Waals surface area contributed by atoms with Gasteiger partial charge in [0.25, 0.3) is 5.91 Å². The molecule has 0 radical (unpaired) electrons. The van der Waals surface area contributed by atoms with Crippen molar-refractivity contribution in [3.8, 4) is 11.3 Å². The van der Waals surface area contributed by atoms with Crippen molar-refractivity contribution in [2.24, 2.45) is 11.7 Å². The molecule has 0 bridgehead atoms. The second-order valence-electron chi connectivity index (χ2n) is 4.71. The average molecular weight is 345 g/mol. The molecule has 1 atom stereocenters. The zero-order valence-corrected chi connectivity index (χ0v) is 12.9. The minimum Gasteiger partial charge on any atom is -0.364 e. The number of nitrogens with zero attached hydrogens (tertiary/aromatic N) is 1. The number of amides is 2. The largest absolute Gasteiger partial charge is 0.364 e. The molecule has 1 saturated carbocycles. The first-order valence-corrected chi connectivity index (χ1v) is 7.63. The number of primary amides is 1. The molecule has 4 N–H and O–H groups in total. The van der Waals surface area contributed by atoms with E-state index in [0.29, 0.717) is 22.9 Å². The molecule has 1 aliphatic carbocycles. The van der Waals surface area contributed by atoms with Crippen molar-refractivity contribution in [2.45, 2.75) is 10.8 Å². The van der Waals surface area contributed by atoms with Crippen molar-refractivity contribution in [2.75, 3.05) is 5.32 Å². The minimum absolute atomic E-state index is 0.243. The molecule has 2 aromatic rings. The van der Waals surface area contributed by atoms with Gasteiger partial charge in [0.1, 0.15) is 10.0 Å². The number of alkyl halides is 2. The molecule has 1 unspecified atom stereocenters. The SMILES string of the molecule is NC(=O)c1cc(-c2csc(NC(=O)C3CC3(Cl)Cl)n2)c[nH]1. The van der Waals surface area contributed by atoms with Crippen LogP contribution in [0.3, 0.4) is 0 Å². The van der Waals surface area contributed by atoms with Crippen molar-refractivity contribution in [1.29, 1.82) is 0 Å². The van der Waals surface area contributed by atoms with Crippen molar-refractivity contribution < 1.29 is 9.59 Å². The Hall–Kier alpha value is -1.57. The van der Waals surface area contributed by atoms with Crippen molar-refractivity contribution in [1.82, 2.24) is 9.97 Å². The van der Waals surface area contributed by atoms with Crippen LogP contribution in [-0.4, -0.2) is 26.1 Å². The van der Waals surface area contributed by atoms with Gasteiger partial charge in [0.15, 0.2) is 5.13 Å². The number of nitrogens with one attached hydrogen (secondary N) is 2. The van der Waals surface area contributed by atoms with Gasteiger partial charge in [-0.3, -0.25) is 9.59 Å². The van der Waals surface area contributed by atoms with E-state index in [0.717, 1.165) is 5.56 Å². The molecule has 21 heavy (non-hydrogen) atoms. The maximum absolute atomic E-state index is 11.8. The molecule has 3 rings (SSSR count). The van der Waals surface area contributed by atoms with E-state index in [-0.39, 0.29) is 5.91 Å². The summed E-state index contributed by atoms with van der Waals surface area (Å²) >= 11 is 13.0. The summed E-state index contributed by atoms with van der Waals surface area (Å²) in [5, 5.41) is 4.90. The number of rotatable bonds is 4. The standard InChI is InChI=1S/C12H10Cl2N4O2S/c13-12(14)2-6(12)10(20)18-11-17-8(4-21-11)5-1-7(9(15)19)16-3-5/h1,3-4,6,16H,2H2,(H2,15,19)(H,17,18,20). The third-order valence-electron chi connectivity index (χ3n) is 3.12. The van der Waals surface area contributed by atoms with E-state index < -0.39 is 16.2 Å². The van der Waals surface area contributed by atoms with Gasteiger partial charge in [-0.2, -0.15) is 0 Å². The highest BCUT2D eigenvalue weighted by atomic mass is 35.5. The summed E-state index contributed by atoms with van der Waals surface area (Å²) in [6.45, 7) is 0. The lowest BCUT2D eigenvalue weighted by atomic mass is 10.2. The van der Waals surface area contributed by atoms with Crippen LogP contribution in [0.4, 0.5) is 5.13 Å². The summed E-state index contributed by atoms with van der Waals surface area (Å²) in [5.74, 6) is -1.19. The lowest BCUT2D eigenvalue weighted by Crippen LogP contribution is -2.16. The van der Waals surface area contributed by atoms with Gasteiger partial charge in [-0.25, -0.2) is 4.98 Å². The summed E-state index contributed by atoms with van der Waals surface area (Å²) < 4.78 is -0.957. The Morgan fingerprint density at radius 3 is 2.81 bits per heavy atom. The first-order valence-electron chi connectivity index (χ1n) is 5.99. The number of thiazole rings is 1. The zero-order chi connectivity index (χ0) is 15.2. The van der Waals surface area contributed by atoms with Gasteiger partial charge in [-0.05, 0) is 12.5 Å². The lowest BCUT2D eigenvalue weighted by Gasteiger charge is -2.00. The lowest BCUT2D eigenvalue weighted by molar-refractivity contribution is -0.117. The van der Waals surface area contributed by atoms with E-state index in [1.807, 2.05) is 0 Å². The second kappa shape index (κ2) is 5.01. The van der Waals surface area contributed by atoms with E-state index in [1.54, 1.807) is 17.6 Å². The van der Waals surface area contributed by atoms with E-state index in [9.17, 15) is 9.59 Å². The average Bonchev–Trinajstić information content (AvgIpc) is 2.85. The van der Waals surface area contributed by atoms with Crippen LogP contribution in [0.25, 0.3) is 11.3 Å². The van der Waals surface area contributed by atoms with Crippen molar-refractivity contribution in [3.05, 3.63) is 23.3 Å². The molecule has 110 valence electrons. The Labute approximate surface area is 133 Å². The molecule has 0 saturated heterocycles. The monoisotopic (exact) mass is 344 g/mol. The Bertz CT molecular complexity index is 724. The Balaban J connectivity index is 1.71. The van der Waals surface area contributed by atoms with E-state index in [2.05, 4.69) is 15.3 Å². The first-order chi connectivity index (χ1) is 9.87. The molecular formula is C12H10Cl2N4O2S. The van der Waals surface area contributed by atoms with E-state index in [4.69, 9.17) is 28.9 Å². The molecule has 6 nitrogen and oxygen atoms in total. The van der Waals surface area contributed by atoms with E-state index >= 15 is 0 Å². The fraction of sp³-hybridized carbons (Fsp3) is 0.250. The highest BCUT2D eigenvalue weighted by Crippen LogP contribution is 2.53. The number of H-pyrrole nitrogens is 1. The van der Waals surface area contributed by atoms with Crippen LogP contribution in [0.5, 0.6) is 0 Å². The van der Waals surface area contributed by atoms with Gasteiger partial charge in [0.2, 0.25) is 5.91 Å². The second-order valence-corrected chi connectivity index (χ2v) is 7.11. The van der Waals surface area contributed by atoms with Gasteiger partial charge in [0.05, 0.1) is 11.6 Å². The number of hydrogen-bond donors (Lipinski definition) is 3. The van der Waals surface area contributed by atoms with Gasteiger partial charge in [-0.15, -0.1) is 34.5 Å². The molecule has 9 heteroatoms. The highest BCUT2D eigenvalue weighted by molar-refractivity contribution is 7.14. The molecule has 2 aromatic heterocycles. The topological polar surface area (TPSA) is 101 Å². The first kappa shape index (κ1) is 14.4. The molecule has 1 fully saturated rings. The van der Waals surface area contributed by atoms with Crippen LogP contribution in [0.15, 0.2) is 17.6 Å². The smallest absolute Gasteiger partial charge is 0.265 e. The Morgan fingerprint density at radius 1 is 1.52 bits per heavy atom. The van der Waals surface area contributed by atoms with Gasteiger partial charge < -0.3 is 16.0 Å². The maximum Gasteiger partial charge on any atom is 0.265 e. The maximum atomic E-state index is 11.8. The number of hydrogen-bond acceptors (Lipinski definition) is 4.